The van der Waals surface area contributed by atoms with Gasteiger partial charge in [0.1, 0.15) is 0 Å². The normalized spacial score (nSPS) is 10.8. The van der Waals surface area contributed by atoms with Crippen molar-refractivity contribution in [2.24, 2.45) is 5.73 Å². The van der Waals surface area contributed by atoms with Crippen LogP contribution in [0.1, 0.15) is 0 Å². The minimum atomic E-state index is -0.0790. The van der Waals surface area contributed by atoms with Gasteiger partial charge < -0.3 is 31.2 Å². The van der Waals surface area contributed by atoms with E-state index < -0.39 is 0 Å². The number of methoxy groups -OCH3 is 2. The molecule has 9 heteroatoms. The molecule has 0 bridgehead atoms. The zero-order valence-corrected chi connectivity index (χ0v) is 14.2. The van der Waals surface area contributed by atoms with Gasteiger partial charge in [0.25, 0.3) is 0 Å². The molecular formula is C14H31N5O4. The van der Waals surface area contributed by atoms with Crippen molar-refractivity contribution in [1.29, 1.82) is 0 Å². The zero-order valence-electron chi connectivity index (χ0n) is 14.2. The van der Waals surface area contributed by atoms with Crippen LogP contribution in [0.4, 0.5) is 0 Å². The van der Waals surface area contributed by atoms with Crippen LogP contribution in [0.3, 0.4) is 0 Å². The first kappa shape index (κ1) is 21.7. The highest BCUT2D eigenvalue weighted by atomic mass is 16.5. The Morgan fingerprint density at radius 1 is 0.957 bits per heavy atom. The minimum Gasteiger partial charge on any atom is -0.383 e. The molecule has 2 amide bonds. The zero-order chi connectivity index (χ0) is 17.3. The third-order valence-electron chi connectivity index (χ3n) is 2.96. The molecule has 0 radical (unpaired) electrons. The molecule has 0 aliphatic carbocycles. The summed E-state index contributed by atoms with van der Waals surface area (Å²) in [4.78, 5) is 25.2. The van der Waals surface area contributed by atoms with Gasteiger partial charge in [0.05, 0.1) is 26.3 Å². The van der Waals surface area contributed by atoms with Crippen LogP contribution in [0.5, 0.6) is 0 Å². The Morgan fingerprint density at radius 3 is 2.13 bits per heavy atom. The number of amides is 2. The number of hydrogen-bond donors (Lipinski definition) is 4. The lowest BCUT2D eigenvalue weighted by Crippen LogP contribution is -2.44. The molecule has 0 aromatic carbocycles. The van der Waals surface area contributed by atoms with E-state index in [1.807, 2.05) is 4.90 Å². The number of rotatable bonds is 15. The lowest BCUT2D eigenvalue weighted by molar-refractivity contribution is -0.122. The first-order valence-corrected chi connectivity index (χ1v) is 7.78. The summed E-state index contributed by atoms with van der Waals surface area (Å²) in [7, 11) is 3.17. The molecule has 0 saturated carbocycles. The van der Waals surface area contributed by atoms with Crippen molar-refractivity contribution in [3.05, 3.63) is 0 Å². The number of hydrogen-bond acceptors (Lipinski definition) is 7. The second kappa shape index (κ2) is 15.6. The predicted molar refractivity (Wildman–Crippen MR) is 88.1 cm³/mol. The van der Waals surface area contributed by atoms with Crippen LogP contribution in [0.2, 0.25) is 0 Å². The Labute approximate surface area is 138 Å². The van der Waals surface area contributed by atoms with Crippen molar-refractivity contribution in [2.45, 2.75) is 0 Å². The van der Waals surface area contributed by atoms with Gasteiger partial charge in [0.15, 0.2) is 0 Å². The quantitative estimate of drug-likeness (QED) is 0.242. The SMILES string of the molecule is COCCNC(=O)CNCCN(CCN)CC(=O)NCCOC. The molecular weight excluding hydrogens is 302 g/mol. The van der Waals surface area contributed by atoms with Crippen molar-refractivity contribution in [2.75, 3.05) is 79.8 Å². The van der Waals surface area contributed by atoms with Crippen LogP contribution in [0.15, 0.2) is 0 Å². The Bertz CT molecular complexity index is 318. The first-order chi connectivity index (χ1) is 11.1. The van der Waals surface area contributed by atoms with Gasteiger partial charge in [-0.1, -0.05) is 0 Å². The maximum absolute atomic E-state index is 11.7. The number of nitrogens with zero attached hydrogens (tertiary/aromatic N) is 1. The molecule has 0 spiro atoms. The van der Waals surface area contributed by atoms with Crippen molar-refractivity contribution in [1.82, 2.24) is 20.9 Å². The van der Waals surface area contributed by atoms with E-state index in [-0.39, 0.29) is 24.9 Å². The molecule has 0 aromatic heterocycles. The van der Waals surface area contributed by atoms with Gasteiger partial charge in [-0.3, -0.25) is 14.5 Å². The lowest BCUT2D eigenvalue weighted by atomic mass is 10.4. The highest BCUT2D eigenvalue weighted by molar-refractivity contribution is 5.78. The molecule has 0 rings (SSSR count). The van der Waals surface area contributed by atoms with Gasteiger partial charge in [-0.05, 0) is 0 Å². The molecule has 0 aliphatic rings. The molecule has 0 aliphatic heterocycles. The maximum Gasteiger partial charge on any atom is 0.234 e. The third kappa shape index (κ3) is 14.1. The van der Waals surface area contributed by atoms with E-state index in [1.165, 1.54) is 0 Å². The van der Waals surface area contributed by atoms with E-state index in [9.17, 15) is 9.59 Å². The summed E-state index contributed by atoms with van der Waals surface area (Å²) in [6.45, 7) is 4.83. The Morgan fingerprint density at radius 2 is 1.57 bits per heavy atom. The maximum atomic E-state index is 11.7. The fourth-order valence-corrected chi connectivity index (χ4v) is 1.80. The summed E-state index contributed by atoms with van der Waals surface area (Å²) in [5.74, 6) is -0.141. The van der Waals surface area contributed by atoms with Gasteiger partial charge in [0.2, 0.25) is 11.8 Å². The summed E-state index contributed by atoms with van der Waals surface area (Å²) in [5, 5.41) is 8.53. The Balaban J connectivity index is 3.82. The molecule has 5 N–H and O–H groups in total. The third-order valence-corrected chi connectivity index (χ3v) is 2.96. The number of carbonyl (C=O) groups is 2. The van der Waals surface area contributed by atoms with Crippen LogP contribution < -0.4 is 21.7 Å². The van der Waals surface area contributed by atoms with Crippen molar-refractivity contribution in [3.63, 3.8) is 0 Å². The summed E-state index contributed by atoms with van der Waals surface area (Å²) in [6.07, 6.45) is 0. The molecule has 0 unspecified atom stereocenters. The van der Waals surface area contributed by atoms with Gasteiger partial charge in [-0.15, -0.1) is 0 Å². The largest absolute Gasteiger partial charge is 0.383 e. The number of carbonyl (C=O) groups excluding carboxylic acids is 2. The highest BCUT2D eigenvalue weighted by Crippen LogP contribution is 1.86. The molecule has 0 saturated heterocycles. The Kier molecular flexibility index (Phi) is 14.8. The molecule has 0 heterocycles. The van der Waals surface area contributed by atoms with E-state index in [2.05, 4.69) is 16.0 Å². The van der Waals surface area contributed by atoms with E-state index in [1.54, 1.807) is 14.2 Å². The van der Waals surface area contributed by atoms with Gasteiger partial charge >= 0.3 is 0 Å². The second-order valence-electron chi connectivity index (χ2n) is 4.93. The monoisotopic (exact) mass is 333 g/mol. The lowest BCUT2D eigenvalue weighted by Gasteiger charge is -2.21. The van der Waals surface area contributed by atoms with Crippen molar-refractivity contribution in [3.8, 4) is 0 Å². The van der Waals surface area contributed by atoms with E-state index >= 15 is 0 Å². The molecule has 23 heavy (non-hydrogen) atoms. The predicted octanol–water partition coefficient (Wildman–Crippen LogP) is -2.64. The van der Waals surface area contributed by atoms with Crippen LogP contribution in [0.25, 0.3) is 0 Å². The van der Waals surface area contributed by atoms with Gasteiger partial charge in [-0.2, -0.15) is 0 Å². The van der Waals surface area contributed by atoms with Crippen LogP contribution in [-0.2, 0) is 19.1 Å². The molecule has 0 atom stereocenters. The standard InChI is InChI=1S/C14H31N5O4/c1-22-9-5-17-13(20)11-16-4-8-19(7-3-15)12-14(21)18-6-10-23-2/h16H,3-12,15H2,1-2H3,(H,17,20)(H,18,21). The van der Waals surface area contributed by atoms with Crippen molar-refractivity contribution >= 4 is 11.8 Å². The summed E-state index contributed by atoms with van der Waals surface area (Å²) in [5.41, 5.74) is 5.56. The van der Waals surface area contributed by atoms with Gasteiger partial charge in [-0.25, -0.2) is 0 Å². The molecule has 9 nitrogen and oxygen atoms in total. The summed E-state index contributed by atoms with van der Waals surface area (Å²) >= 11 is 0. The number of nitrogens with one attached hydrogen (secondary N) is 3. The summed E-state index contributed by atoms with van der Waals surface area (Å²) < 4.78 is 9.73. The number of nitrogens with two attached hydrogens (primary N) is 1. The topological polar surface area (TPSA) is 118 Å². The fourth-order valence-electron chi connectivity index (χ4n) is 1.80. The van der Waals surface area contributed by atoms with E-state index in [0.29, 0.717) is 52.5 Å². The van der Waals surface area contributed by atoms with E-state index in [4.69, 9.17) is 15.2 Å². The number of ether oxygens (including phenoxy) is 2. The minimum absolute atomic E-state index is 0.0622. The summed E-state index contributed by atoms with van der Waals surface area (Å²) in [6, 6.07) is 0. The first-order valence-electron chi connectivity index (χ1n) is 7.78. The smallest absolute Gasteiger partial charge is 0.234 e. The average Bonchev–Trinajstić information content (AvgIpc) is 2.52. The van der Waals surface area contributed by atoms with E-state index in [0.717, 1.165) is 0 Å². The van der Waals surface area contributed by atoms with Crippen LogP contribution in [0, 0.1) is 0 Å². The van der Waals surface area contributed by atoms with Crippen LogP contribution in [-0.4, -0.2) is 96.5 Å². The van der Waals surface area contributed by atoms with Crippen molar-refractivity contribution < 1.29 is 19.1 Å². The fraction of sp³-hybridized carbons (Fsp3) is 0.857. The Hall–Kier alpha value is -1.26. The average molecular weight is 333 g/mol. The molecule has 0 aromatic rings. The molecule has 0 fully saturated rings. The van der Waals surface area contributed by atoms with Crippen LogP contribution >= 0.6 is 0 Å². The second-order valence-corrected chi connectivity index (χ2v) is 4.93. The van der Waals surface area contributed by atoms with Gasteiger partial charge in [0, 0.05) is 53.5 Å². The molecule has 136 valence electrons. The highest BCUT2D eigenvalue weighted by Gasteiger charge is 2.09.